The molecule has 0 saturated heterocycles. The lowest BCUT2D eigenvalue weighted by Gasteiger charge is -2.18. The van der Waals surface area contributed by atoms with Crippen LogP contribution in [0.15, 0.2) is 36.8 Å². The second-order valence-corrected chi connectivity index (χ2v) is 3.79. The molecule has 0 atom stereocenters. The number of carboxylic acids is 1. The molecule has 18 heavy (non-hydrogen) atoms. The van der Waals surface area contributed by atoms with Gasteiger partial charge in [0.1, 0.15) is 5.56 Å². The molecular formula is C12H12N4O2. The first-order valence-electron chi connectivity index (χ1n) is 5.33. The second kappa shape index (κ2) is 5.22. The summed E-state index contributed by atoms with van der Waals surface area (Å²) in [6.07, 6.45) is 4.75. The van der Waals surface area contributed by atoms with Crippen molar-refractivity contribution in [3.05, 3.63) is 47.9 Å². The van der Waals surface area contributed by atoms with Crippen LogP contribution in [0.1, 0.15) is 15.9 Å². The van der Waals surface area contributed by atoms with Gasteiger partial charge in [-0.05, 0) is 23.8 Å². The van der Waals surface area contributed by atoms with Crippen LogP contribution >= 0.6 is 0 Å². The van der Waals surface area contributed by atoms with Gasteiger partial charge in [-0.1, -0.05) is 0 Å². The molecule has 2 aromatic heterocycles. The van der Waals surface area contributed by atoms with Gasteiger partial charge < -0.3 is 10.0 Å². The smallest absolute Gasteiger partial charge is 0.339 e. The molecule has 0 amide bonds. The van der Waals surface area contributed by atoms with Crippen molar-refractivity contribution in [1.82, 2.24) is 15.2 Å². The Morgan fingerprint density at radius 1 is 1.28 bits per heavy atom. The summed E-state index contributed by atoms with van der Waals surface area (Å²) in [5.74, 6) is -0.664. The Bertz CT molecular complexity index is 545. The fraction of sp³-hybridized carbons (Fsp3) is 0.167. The molecule has 0 aliphatic carbocycles. The van der Waals surface area contributed by atoms with Crippen molar-refractivity contribution in [3.8, 4) is 0 Å². The molecule has 0 aromatic carbocycles. The minimum absolute atomic E-state index is 0.140. The largest absolute Gasteiger partial charge is 0.478 e. The van der Waals surface area contributed by atoms with E-state index < -0.39 is 5.97 Å². The molecule has 0 radical (unpaired) electrons. The van der Waals surface area contributed by atoms with E-state index in [1.807, 2.05) is 12.1 Å². The van der Waals surface area contributed by atoms with E-state index >= 15 is 0 Å². The van der Waals surface area contributed by atoms with Crippen LogP contribution in [0.4, 0.5) is 5.82 Å². The van der Waals surface area contributed by atoms with Crippen LogP contribution in [0.3, 0.4) is 0 Å². The first-order valence-corrected chi connectivity index (χ1v) is 5.33. The standard InChI is InChI=1S/C12H12N4O2/c1-16(8-9-2-5-13-6-3-9)11-10(12(17)18)4-7-14-15-11/h2-7H,8H2,1H3,(H,17,18). The van der Waals surface area contributed by atoms with E-state index in [1.54, 1.807) is 24.3 Å². The lowest BCUT2D eigenvalue weighted by atomic mass is 10.2. The zero-order valence-corrected chi connectivity index (χ0v) is 9.82. The van der Waals surface area contributed by atoms with Crippen LogP contribution in [0.25, 0.3) is 0 Å². The van der Waals surface area contributed by atoms with Gasteiger partial charge in [0.25, 0.3) is 0 Å². The van der Waals surface area contributed by atoms with Gasteiger partial charge in [0.05, 0.1) is 6.20 Å². The first kappa shape index (κ1) is 12.0. The Balaban J connectivity index is 2.24. The molecule has 0 aliphatic rings. The second-order valence-electron chi connectivity index (χ2n) is 3.79. The van der Waals surface area contributed by atoms with Crippen molar-refractivity contribution < 1.29 is 9.90 Å². The predicted molar refractivity (Wildman–Crippen MR) is 65.3 cm³/mol. The number of hydrogen-bond donors (Lipinski definition) is 1. The Labute approximate surface area is 104 Å². The molecule has 2 heterocycles. The van der Waals surface area contributed by atoms with Crippen LogP contribution in [0.2, 0.25) is 0 Å². The quantitative estimate of drug-likeness (QED) is 0.870. The predicted octanol–water partition coefficient (Wildman–Crippen LogP) is 1.21. The molecule has 92 valence electrons. The van der Waals surface area contributed by atoms with Crippen LogP contribution < -0.4 is 4.90 Å². The van der Waals surface area contributed by atoms with Gasteiger partial charge in [-0.3, -0.25) is 4.98 Å². The minimum Gasteiger partial charge on any atom is -0.478 e. The Hall–Kier alpha value is -2.50. The Kier molecular flexibility index (Phi) is 3.47. The molecule has 0 bridgehead atoms. The number of carboxylic acid groups (broad SMARTS) is 1. The highest BCUT2D eigenvalue weighted by molar-refractivity contribution is 5.92. The molecule has 2 aromatic rings. The number of aromatic nitrogens is 3. The molecule has 0 spiro atoms. The number of aromatic carboxylic acids is 1. The van der Waals surface area contributed by atoms with Gasteiger partial charge in [0.15, 0.2) is 5.82 Å². The third kappa shape index (κ3) is 2.60. The molecule has 0 unspecified atom stereocenters. The molecule has 2 rings (SSSR count). The molecule has 1 N–H and O–H groups in total. The molecular weight excluding hydrogens is 232 g/mol. The fourth-order valence-corrected chi connectivity index (χ4v) is 1.61. The number of nitrogens with zero attached hydrogens (tertiary/aromatic N) is 4. The van der Waals surface area contributed by atoms with E-state index in [9.17, 15) is 4.79 Å². The normalized spacial score (nSPS) is 10.1. The van der Waals surface area contributed by atoms with E-state index in [-0.39, 0.29) is 5.56 Å². The number of pyridine rings is 1. The maximum atomic E-state index is 11.1. The molecule has 0 aliphatic heterocycles. The molecule has 0 saturated carbocycles. The summed E-state index contributed by atoms with van der Waals surface area (Å²) in [7, 11) is 1.77. The summed E-state index contributed by atoms with van der Waals surface area (Å²) in [6, 6.07) is 5.17. The van der Waals surface area contributed by atoms with E-state index in [0.717, 1.165) is 5.56 Å². The van der Waals surface area contributed by atoms with Gasteiger partial charge in [-0.15, -0.1) is 5.10 Å². The maximum absolute atomic E-state index is 11.1. The van der Waals surface area contributed by atoms with Crippen molar-refractivity contribution >= 4 is 11.8 Å². The average molecular weight is 244 g/mol. The molecule has 6 nitrogen and oxygen atoms in total. The number of anilines is 1. The Morgan fingerprint density at radius 3 is 2.67 bits per heavy atom. The van der Waals surface area contributed by atoms with Gasteiger partial charge in [-0.2, -0.15) is 5.10 Å². The van der Waals surface area contributed by atoms with E-state index in [0.29, 0.717) is 12.4 Å². The number of rotatable bonds is 4. The van der Waals surface area contributed by atoms with Crippen molar-refractivity contribution in [2.24, 2.45) is 0 Å². The van der Waals surface area contributed by atoms with Gasteiger partial charge in [0.2, 0.25) is 0 Å². The van der Waals surface area contributed by atoms with Gasteiger partial charge >= 0.3 is 5.97 Å². The van der Waals surface area contributed by atoms with Crippen molar-refractivity contribution in [2.45, 2.75) is 6.54 Å². The highest BCUT2D eigenvalue weighted by atomic mass is 16.4. The van der Waals surface area contributed by atoms with Crippen molar-refractivity contribution in [2.75, 3.05) is 11.9 Å². The molecule has 0 fully saturated rings. The topological polar surface area (TPSA) is 79.2 Å². The summed E-state index contributed by atoms with van der Waals surface area (Å²) >= 11 is 0. The summed E-state index contributed by atoms with van der Waals surface area (Å²) < 4.78 is 0. The minimum atomic E-state index is -1.01. The fourth-order valence-electron chi connectivity index (χ4n) is 1.61. The van der Waals surface area contributed by atoms with E-state index in [2.05, 4.69) is 15.2 Å². The summed E-state index contributed by atoms with van der Waals surface area (Å²) in [5.41, 5.74) is 1.16. The van der Waals surface area contributed by atoms with Crippen LogP contribution in [-0.2, 0) is 6.54 Å². The SMILES string of the molecule is CN(Cc1ccncc1)c1nnccc1C(=O)O. The van der Waals surface area contributed by atoms with Crippen molar-refractivity contribution in [3.63, 3.8) is 0 Å². The number of carbonyl (C=O) groups is 1. The summed E-state index contributed by atoms with van der Waals surface area (Å²) in [4.78, 5) is 16.7. The monoisotopic (exact) mass is 244 g/mol. The van der Waals surface area contributed by atoms with Crippen LogP contribution in [0, 0.1) is 0 Å². The zero-order valence-electron chi connectivity index (χ0n) is 9.82. The third-order valence-electron chi connectivity index (χ3n) is 2.46. The summed E-state index contributed by atoms with van der Waals surface area (Å²) in [6.45, 7) is 0.543. The zero-order chi connectivity index (χ0) is 13.0. The maximum Gasteiger partial charge on any atom is 0.339 e. The van der Waals surface area contributed by atoms with Crippen LogP contribution in [-0.4, -0.2) is 33.3 Å². The van der Waals surface area contributed by atoms with E-state index in [1.165, 1.54) is 12.3 Å². The van der Waals surface area contributed by atoms with Crippen LogP contribution in [0.5, 0.6) is 0 Å². The Morgan fingerprint density at radius 2 is 2.00 bits per heavy atom. The highest BCUT2D eigenvalue weighted by Crippen LogP contribution is 2.16. The summed E-state index contributed by atoms with van der Waals surface area (Å²) in [5, 5.41) is 16.7. The lowest BCUT2D eigenvalue weighted by molar-refractivity contribution is 0.0697. The average Bonchev–Trinajstić information content (AvgIpc) is 2.40. The number of hydrogen-bond acceptors (Lipinski definition) is 5. The first-order chi connectivity index (χ1) is 8.68. The highest BCUT2D eigenvalue weighted by Gasteiger charge is 2.15. The third-order valence-corrected chi connectivity index (χ3v) is 2.46. The van der Waals surface area contributed by atoms with Gasteiger partial charge in [0, 0.05) is 26.0 Å². The lowest BCUT2D eigenvalue weighted by Crippen LogP contribution is -2.21. The van der Waals surface area contributed by atoms with Gasteiger partial charge in [-0.25, -0.2) is 4.79 Å². The van der Waals surface area contributed by atoms with E-state index in [4.69, 9.17) is 5.11 Å². The van der Waals surface area contributed by atoms with Crippen molar-refractivity contribution in [1.29, 1.82) is 0 Å². The molecule has 6 heteroatoms.